The van der Waals surface area contributed by atoms with Crippen LogP contribution in [0.4, 0.5) is 4.39 Å². The molecule has 2 aromatic rings. The van der Waals surface area contributed by atoms with E-state index < -0.39 is 0 Å². The summed E-state index contributed by atoms with van der Waals surface area (Å²) in [5.41, 5.74) is 1.89. The van der Waals surface area contributed by atoms with E-state index in [0.29, 0.717) is 25.8 Å². The Hall–Kier alpha value is -2.17. The van der Waals surface area contributed by atoms with Crippen LogP contribution in [0.2, 0.25) is 0 Å². The molecule has 0 aliphatic rings. The van der Waals surface area contributed by atoms with Gasteiger partial charge in [-0.15, -0.1) is 0 Å². The fourth-order valence-electron chi connectivity index (χ4n) is 2.90. The van der Waals surface area contributed by atoms with Gasteiger partial charge in [-0.05, 0) is 29.9 Å². The monoisotopic (exact) mass is 407 g/mol. The first kappa shape index (κ1) is 22.1. The molecule has 2 aromatic carbocycles. The quantitative estimate of drug-likeness (QED) is 0.334. The summed E-state index contributed by atoms with van der Waals surface area (Å²) >= 11 is 0. The zero-order valence-corrected chi connectivity index (χ0v) is 17.9. The van der Waals surface area contributed by atoms with E-state index in [-0.39, 0.29) is 18.3 Å². The lowest BCUT2D eigenvalue weighted by molar-refractivity contribution is 0.0483. The largest absolute Gasteiger partial charge is 0.497 e. The molecule has 0 spiro atoms. The highest BCUT2D eigenvalue weighted by atomic mass is 31.1. The number of rotatable bonds is 10. The molecule has 0 heterocycles. The van der Waals surface area contributed by atoms with E-state index in [9.17, 15) is 4.39 Å². The summed E-state index contributed by atoms with van der Waals surface area (Å²) in [4.78, 5) is 4.06. The van der Waals surface area contributed by atoms with Crippen molar-refractivity contribution in [1.29, 1.82) is 0 Å². The summed E-state index contributed by atoms with van der Waals surface area (Å²) in [7, 11) is 6.85. The second-order valence-corrected chi connectivity index (χ2v) is 7.55. The minimum atomic E-state index is -0.274. The second kappa shape index (κ2) is 11.0. The van der Waals surface area contributed by atoms with Crippen molar-refractivity contribution in [1.82, 2.24) is 0 Å². The number of hydrogen-bond acceptors (Lipinski definition) is 5. The Morgan fingerprint density at radius 1 is 1.14 bits per heavy atom. The topological polar surface area (TPSA) is 49.3 Å². The zero-order chi connectivity index (χ0) is 20.5. The second-order valence-electron chi connectivity index (χ2n) is 6.02. The van der Waals surface area contributed by atoms with Gasteiger partial charge in [-0.2, -0.15) is 0 Å². The molecule has 28 heavy (non-hydrogen) atoms. The summed E-state index contributed by atoms with van der Waals surface area (Å²) in [5.74, 6) is 1.64. The predicted molar refractivity (Wildman–Crippen MR) is 113 cm³/mol. The number of aliphatic imine (C=N–C) groups is 1. The van der Waals surface area contributed by atoms with Crippen LogP contribution in [0.5, 0.6) is 17.2 Å². The molecule has 0 saturated carbocycles. The van der Waals surface area contributed by atoms with E-state index in [1.165, 1.54) is 12.1 Å². The van der Waals surface area contributed by atoms with E-state index in [4.69, 9.17) is 18.9 Å². The molecular formula is C21H27FNO4P. The third-order valence-corrected chi connectivity index (χ3v) is 6.06. The standard InChI is InChI=1S/C21H27FNO4P/c1-6-19(28-20-8-7-15(22)9-14(20)12-23-2)17-10-16(25-4)11-18(26-5)21(17)27-13-24-3/h7-12,19,28H,6,13H2,1-5H3. The lowest BCUT2D eigenvalue weighted by Crippen LogP contribution is -2.10. The normalized spacial score (nSPS) is 12.6. The minimum absolute atomic E-state index is 0.111. The Morgan fingerprint density at radius 3 is 2.54 bits per heavy atom. The first-order valence-electron chi connectivity index (χ1n) is 8.93. The fourth-order valence-corrected chi connectivity index (χ4v) is 4.33. The van der Waals surface area contributed by atoms with E-state index in [0.717, 1.165) is 22.9 Å². The van der Waals surface area contributed by atoms with Crippen LogP contribution < -0.4 is 19.5 Å². The van der Waals surface area contributed by atoms with Crippen LogP contribution in [0.15, 0.2) is 35.3 Å². The maximum absolute atomic E-state index is 13.7. The van der Waals surface area contributed by atoms with E-state index in [1.54, 1.807) is 40.7 Å². The SMILES string of the molecule is CCC(Pc1ccc(F)cc1C=NC)c1cc(OC)cc(OC)c1OCOC. The minimum Gasteiger partial charge on any atom is -0.497 e. The van der Waals surface area contributed by atoms with Gasteiger partial charge in [-0.3, -0.25) is 4.99 Å². The van der Waals surface area contributed by atoms with Gasteiger partial charge in [-0.1, -0.05) is 21.6 Å². The van der Waals surface area contributed by atoms with Crippen LogP contribution in [-0.4, -0.2) is 41.4 Å². The summed E-state index contributed by atoms with van der Waals surface area (Å²) in [6.45, 7) is 2.22. The molecule has 0 N–H and O–H groups in total. The maximum Gasteiger partial charge on any atom is 0.188 e. The lowest BCUT2D eigenvalue weighted by Gasteiger charge is -2.23. The summed E-state index contributed by atoms with van der Waals surface area (Å²) in [6.07, 6.45) is 2.55. The third kappa shape index (κ3) is 5.43. The van der Waals surface area contributed by atoms with Gasteiger partial charge in [-0.25, -0.2) is 4.39 Å². The Balaban J connectivity index is 2.50. The highest BCUT2D eigenvalue weighted by molar-refractivity contribution is 7.47. The molecule has 5 nitrogen and oxygen atoms in total. The molecule has 7 heteroatoms. The van der Waals surface area contributed by atoms with Gasteiger partial charge < -0.3 is 18.9 Å². The maximum atomic E-state index is 13.7. The fraction of sp³-hybridized carbons (Fsp3) is 0.381. The molecule has 2 unspecified atom stereocenters. The van der Waals surface area contributed by atoms with Crippen molar-refractivity contribution in [2.24, 2.45) is 4.99 Å². The van der Waals surface area contributed by atoms with Gasteiger partial charge in [0.2, 0.25) is 0 Å². The molecule has 2 rings (SSSR count). The average molecular weight is 407 g/mol. The van der Waals surface area contributed by atoms with Gasteiger partial charge >= 0.3 is 0 Å². The predicted octanol–water partition coefficient (Wildman–Crippen LogP) is 4.33. The van der Waals surface area contributed by atoms with Crippen LogP contribution in [0.1, 0.15) is 30.1 Å². The van der Waals surface area contributed by atoms with E-state index in [1.807, 2.05) is 12.1 Å². The Morgan fingerprint density at radius 2 is 1.93 bits per heavy atom. The van der Waals surface area contributed by atoms with Gasteiger partial charge in [0.05, 0.1) is 14.2 Å². The first-order valence-corrected chi connectivity index (χ1v) is 10.0. The Labute approximate surface area is 167 Å². The molecule has 152 valence electrons. The molecule has 0 aliphatic carbocycles. The highest BCUT2D eigenvalue weighted by Gasteiger charge is 2.22. The molecule has 0 fully saturated rings. The van der Waals surface area contributed by atoms with Crippen molar-refractivity contribution in [2.45, 2.75) is 19.0 Å². The molecular weight excluding hydrogens is 380 g/mol. The molecule has 0 aliphatic heterocycles. The number of halogens is 1. The number of hydrogen-bond donors (Lipinski definition) is 0. The summed E-state index contributed by atoms with van der Waals surface area (Å²) < 4.78 is 35.6. The number of ether oxygens (including phenoxy) is 4. The molecule has 0 aromatic heterocycles. The van der Waals surface area contributed by atoms with E-state index in [2.05, 4.69) is 11.9 Å². The van der Waals surface area contributed by atoms with Gasteiger partial charge in [0.1, 0.15) is 11.6 Å². The van der Waals surface area contributed by atoms with Crippen molar-refractivity contribution in [3.05, 3.63) is 47.3 Å². The molecule has 0 amide bonds. The molecule has 0 saturated heterocycles. The van der Waals surface area contributed by atoms with E-state index >= 15 is 0 Å². The van der Waals surface area contributed by atoms with Crippen molar-refractivity contribution in [3.8, 4) is 17.2 Å². The number of nitrogens with zero attached hydrogens (tertiary/aromatic N) is 1. The van der Waals surface area contributed by atoms with Crippen molar-refractivity contribution in [3.63, 3.8) is 0 Å². The van der Waals surface area contributed by atoms with Crippen LogP contribution >= 0.6 is 8.58 Å². The van der Waals surface area contributed by atoms with Crippen LogP contribution in [0.25, 0.3) is 0 Å². The lowest BCUT2D eigenvalue weighted by atomic mass is 10.1. The van der Waals surface area contributed by atoms with Crippen LogP contribution in [0, 0.1) is 5.82 Å². The summed E-state index contributed by atoms with van der Waals surface area (Å²) in [6, 6.07) is 8.57. The van der Waals surface area contributed by atoms with Crippen molar-refractivity contribution < 1.29 is 23.3 Å². The summed E-state index contributed by atoms with van der Waals surface area (Å²) in [5, 5.41) is 1.04. The van der Waals surface area contributed by atoms with Crippen LogP contribution in [-0.2, 0) is 4.74 Å². The first-order chi connectivity index (χ1) is 13.6. The van der Waals surface area contributed by atoms with Crippen molar-refractivity contribution >= 4 is 20.1 Å². The van der Waals surface area contributed by atoms with Crippen molar-refractivity contribution in [2.75, 3.05) is 35.2 Å². The molecule has 0 bridgehead atoms. The zero-order valence-electron chi connectivity index (χ0n) is 16.9. The molecule has 2 atom stereocenters. The van der Waals surface area contributed by atoms with Gasteiger partial charge in [0.15, 0.2) is 18.3 Å². The number of benzene rings is 2. The average Bonchev–Trinajstić information content (AvgIpc) is 2.71. The van der Waals surface area contributed by atoms with Gasteiger partial charge in [0, 0.05) is 43.2 Å². The van der Waals surface area contributed by atoms with Crippen LogP contribution in [0.3, 0.4) is 0 Å². The Bertz CT molecular complexity index is 813. The smallest absolute Gasteiger partial charge is 0.188 e. The highest BCUT2D eigenvalue weighted by Crippen LogP contribution is 2.47. The Kier molecular flexibility index (Phi) is 8.68. The number of methoxy groups -OCH3 is 3. The third-order valence-electron chi connectivity index (χ3n) is 4.23. The molecule has 0 radical (unpaired) electrons. The van der Waals surface area contributed by atoms with Gasteiger partial charge in [0.25, 0.3) is 0 Å².